The minimum absolute atomic E-state index is 0. The molecule has 0 aliphatic heterocycles. The average molecular weight is 678 g/mol. The Balaban J connectivity index is -0.000000198. The van der Waals surface area contributed by atoms with E-state index in [1.807, 2.05) is 0 Å². The van der Waals surface area contributed by atoms with Gasteiger partial charge < -0.3 is 0 Å². The van der Waals surface area contributed by atoms with Crippen molar-refractivity contribution in [3.63, 3.8) is 0 Å². The third-order valence-electron chi connectivity index (χ3n) is 5.03. The first-order valence-corrected chi connectivity index (χ1v) is 44.6. The summed E-state index contributed by atoms with van der Waals surface area (Å²) in [5, 5.41) is 0. The molecule has 0 aromatic rings. The normalized spacial score (nSPS) is 13.7. The molecule has 32 heavy (non-hydrogen) atoms. The van der Waals surface area contributed by atoms with Gasteiger partial charge >= 0.3 is 46.7 Å². The summed E-state index contributed by atoms with van der Waals surface area (Å²) in [5.41, 5.74) is 0. The predicted octanol–water partition coefficient (Wildman–Crippen LogP) is 8.45. The fourth-order valence-corrected chi connectivity index (χ4v) is 183. The maximum absolute atomic E-state index is 2.61. The smallest absolute Gasteiger partial charge is 0.0306 e. The molecule has 0 aromatic heterocycles. The van der Waals surface area contributed by atoms with E-state index in [-0.39, 0.29) is 33.6 Å². The molecular formula is C22H63LiSi8Sn. The predicted molar refractivity (Wildman–Crippen MR) is 183 cm³/mol. The fraction of sp³-hybridized carbons (Fsp3) is 1.00. The van der Waals surface area contributed by atoms with E-state index >= 15 is 0 Å². The number of hydrogen-bond donors (Lipinski definition) is 0. The molecule has 10 heteroatoms. The van der Waals surface area contributed by atoms with Crippen molar-refractivity contribution in [3.8, 4) is 0 Å². The van der Waals surface area contributed by atoms with Gasteiger partial charge in [-0.15, -0.1) is 0 Å². The van der Waals surface area contributed by atoms with E-state index in [1.54, 1.807) is 22.5 Å². The zero-order valence-electron chi connectivity index (χ0n) is 26.6. The Labute approximate surface area is 241 Å². The van der Waals surface area contributed by atoms with E-state index in [0.717, 1.165) is 0 Å². The molecule has 0 atom stereocenters. The largest absolute Gasteiger partial charge is 0.0721 e. The van der Waals surface area contributed by atoms with Gasteiger partial charge in [-0.2, -0.15) is 0 Å². The van der Waals surface area contributed by atoms with Crippen molar-refractivity contribution in [2.45, 2.75) is 142 Å². The molecule has 188 valence electrons. The van der Waals surface area contributed by atoms with Gasteiger partial charge in [0.15, 0.2) is 0 Å². The Kier molecular flexibility index (Phi) is 21.3. The van der Waals surface area contributed by atoms with Crippen LogP contribution in [0.4, 0.5) is 0 Å². The van der Waals surface area contributed by atoms with Crippen LogP contribution < -0.4 is 0 Å². The number of rotatable bonds is 8. The standard InChI is InChI=1S/2C9H27Si4.C4H9.Li.Sn/c2*1-11(2,3)10(12(4,5)6)13(7,8)9;1-3-4-2;;/h2*1-9H3;1,3-4H2,2H3;;. The van der Waals surface area contributed by atoms with Crippen molar-refractivity contribution in [3.05, 3.63) is 0 Å². The Hall–Kier alpha value is 3.13. The van der Waals surface area contributed by atoms with Gasteiger partial charge in [0.2, 0.25) is 0 Å². The monoisotopic (exact) mass is 678 g/mol. The Morgan fingerprint density at radius 2 is 0.594 bits per heavy atom. The van der Waals surface area contributed by atoms with Crippen LogP contribution in [0.25, 0.3) is 0 Å². The van der Waals surface area contributed by atoms with Crippen molar-refractivity contribution in [2.24, 2.45) is 0 Å². The number of unbranched alkanes of at least 4 members (excludes halogenated alkanes) is 1. The third kappa shape index (κ3) is 20.2. The van der Waals surface area contributed by atoms with Crippen LogP contribution in [0.5, 0.6) is 0 Å². The summed E-state index contributed by atoms with van der Waals surface area (Å²) >= 11 is 1.68. The van der Waals surface area contributed by atoms with E-state index < -0.39 is 45.5 Å². The van der Waals surface area contributed by atoms with E-state index in [1.165, 1.54) is 17.3 Å². The molecule has 0 N–H and O–H groups in total. The topological polar surface area (TPSA) is 0 Å². The van der Waals surface area contributed by atoms with Gasteiger partial charge in [-0.25, -0.2) is 0 Å². The minimum atomic E-state index is -0.832. The molecule has 6 radical (unpaired) electrons. The Bertz CT molecular complexity index is 365. The molecule has 0 aliphatic carbocycles. The zero-order chi connectivity index (χ0) is 26.3. The van der Waals surface area contributed by atoms with Crippen LogP contribution in [-0.2, 0) is 0 Å². The number of hydrogen-bond acceptors (Lipinski definition) is 0. The maximum Gasteiger partial charge on any atom is 0.0306 e. The zero-order valence-corrected chi connectivity index (χ0v) is 37.5. The summed E-state index contributed by atoms with van der Waals surface area (Å²) in [6.07, 6.45) is 2.80. The van der Waals surface area contributed by atoms with Crippen LogP contribution in [0.3, 0.4) is 0 Å². The van der Waals surface area contributed by atoms with E-state index in [0.29, 0.717) is 0 Å². The Morgan fingerprint density at radius 1 is 0.438 bits per heavy atom. The SMILES string of the molecule is CCC[CH2][Sn].C[Si](C)(C)[Si]([Si](C)(C)C)[Si](C)(C)C.C[Si](C)(C)[Si]([Si](C)(C)C)[Si](C)(C)C.[Li]. The summed E-state index contributed by atoms with van der Waals surface area (Å²) in [6, 6.07) is 0. The summed E-state index contributed by atoms with van der Waals surface area (Å²) in [5.74, 6) is 0. The average Bonchev–Trinajstić information content (AvgIpc) is 2.28. The van der Waals surface area contributed by atoms with Crippen molar-refractivity contribution >= 4 is 102 Å². The summed E-state index contributed by atoms with van der Waals surface area (Å²) < 4.78 is 1.43. The van der Waals surface area contributed by atoms with Crippen LogP contribution in [-0.4, -0.2) is 102 Å². The molecule has 0 heterocycles. The summed E-state index contributed by atoms with van der Waals surface area (Å²) in [7, 11) is -4.94. The fourth-order valence-electron chi connectivity index (χ4n) is 6.93. The first-order valence-electron chi connectivity index (χ1n) is 12.6. The molecule has 0 nitrogen and oxygen atoms in total. The van der Waals surface area contributed by atoms with E-state index in [4.69, 9.17) is 0 Å². The van der Waals surface area contributed by atoms with Crippen LogP contribution >= 0.6 is 0 Å². The molecule has 0 unspecified atom stereocenters. The maximum atomic E-state index is 2.61. The van der Waals surface area contributed by atoms with Gasteiger partial charge in [-0.1, -0.05) is 118 Å². The second-order valence-corrected chi connectivity index (χ2v) is 90.3. The second kappa shape index (κ2) is 16.2. The molecule has 0 bridgehead atoms. The Morgan fingerprint density at radius 3 is 0.594 bits per heavy atom. The van der Waals surface area contributed by atoms with Crippen LogP contribution in [0.2, 0.25) is 122 Å². The second-order valence-electron chi connectivity index (χ2n) is 15.4. The van der Waals surface area contributed by atoms with Crippen LogP contribution in [0, 0.1) is 0 Å². The summed E-state index contributed by atoms with van der Waals surface area (Å²) in [6.45, 7) is 49.2. The van der Waals surface area contributed by atoms with Gasteiger partial charge in [-0.3, -0.25) is 0 Å². The van der Waals surface area contributed by atoms with Crippen LogP contribution in [0.15, 0.2) is 0 Å². The molecule has 0 spiro atoms. The first-order chi connectivity index (χ1) is 13.1. The minimum Gasteiger partial charge on any atom is -0.0721 e. The first kappa shape index (κ1) is 42.2. The van der Waals surface area contributed by atoms with E-state index in [9.17, 15) is 0 Å². The molecule has 0 rings (SSSR count). The van der Waals surface area contributed by atoms with Crippen molar-refractivity contribution in [2.75, 3.05) is 0 Å². The third-order valence-corrected chi connectivity index (χ3v) is 123. The van der Waals surface area contributed by atoms with Crippen LogP contribution in [0.1, 0.15) is 19.8 Å². The van der Waals surface area contributed by atoms with Crippen molar-refractivity contribution in [1.82, 2.24) is 0 Å². The summed E-state index contributed by atoms with van der Waals surface area (Å²) in [4.78, 5) is 0. The molecule has 0 amide bonds. The van der Waals surface area contributed by atoms with E-state index in [2.05, 4.69) is 125 Å². The molecule has 0 saturated heterocycles. The molecule has 0 aromatic carbocycles. The van der Waals surface area contributed by atoms with Gasteiger partial charge in [0.25, 0.3) is 0 Å². The van der Waals surface area contributed by atoms with Crippen molar-refractivity contribution < 1.29 is 0 Å². The quantitative estimate of drug-likeness (QED) is 0.226. The molecule has 0 fully saturated rings. The van der Waals surface area contributed by atoms with Crippen molar-refractivity contribution in [1.29, 1.82) is 0 Å². The molecule has 0 saturated carbocycles. The van der Waals surface area contributed by atoms with Gasteiger partial charge in [-0.05, 0) is 0 Å². The van der Waals surface area contributed by atoms with Gasteiger partial charge in [0.05, 0.1) is 0 Å². The molecule has 0 aliphatic rings. The van der Waals surface area contributed by atoms with Gasteiger partial charge in [0.1, 0.15) is 0 Å². The van der Waals surface area contributed by atoms with Gasteiger partial charge in [0, 0.05) is 79.1 Å². The molecular weight excluding hydrogens is 615 g/mol.